The van der Waals surface area contributed by atoms with Gasteiger partial charge in [-0.15, -0.1) is 0 Å². The Labute approximate surface area is 123 Å². The molecular formula is C16H18FN3O. The fourth-order valence-electron chi connectivity index (χ4n) is 2.50. The minimum Gasteiger partial charge on any atom is -0.476 e. The molecule has 21 heavy (non-hydrogen) atoms. The number of anilines is 3. The maximum atomic E-state index is 13.5. The summed E-state index contributed by atoms with van der Waals surface area (Å²) >= 11 is 0. The van der Waals surface area contributed by atoms with Gasteiger partial charge in [0.1, 0.15) is 11.6 Å². The molecule has 1 aliphatic heterocycles. The Morgan fingerprint density at radius 1 is 1.33 bits per heavy atom. The van der Waals surface area contributed by atoms with E-state index in [1.54, 1.807) is 12.1 Å². The highest BCUT2D eigenvalue weighted by Crippen LogP contribution is 2.35. The number of pyridine rings is 1. The normalized spacial score (nSPS) is 13.3. The van der Waals surface area contributed by atoms with Gasteiger partial charge in [-0.25, -0.2) is 4.39 Å². The number of hydrogen-bond acceptors (Lipinski definition) is 4. The summed E-state index contributed by atoms with van der Waals surface area (Å²) in [7, 11) is 0. The van der Waals surface area contributed by atoms with Crippen LogP contribution in [0.15, 0.2) is 30.3 Å². The monoisotopic (exact) mass is 287 g/mol. The molecule has 2 heterocycles. The van der Waals surface area contributed by atoms with Crippen molar-refractivity contribution in [3.8, 4) is 5.88 Å². The number of nitrogens with two attached hydrogens (primary N) is 1. The van der Waals surface area contributed by atoms with Gasteiger partial charge < -0.3 is 15.4 Å². The largest absolute Gasteiger partial charge is 0.476 e. The fourth-order valence-corrected chi connectivity index (χ4v) is 2.50. The van der Waals surface area contributed by atoms with Crippen molar-refractivity contribution in [2.75, 3.05) is 23.8 Å². The first-order chi connectivity index (χ1) is 10.2. The van der Waals surface area contributed by atoms with E-state index in [1.165, 1.54) is 6.07 Å². The number of aromatic nitrogens is 1. The Bertz CT molecular complexity index is 660. The fraction of sp³-hybridized carbons (Fsp3) is 0.312. The first-order valence-electron chi connectivity index (χ1n) is 7.14. The zero-order valence-electron chi connectivity index (χ0n) is 12.0. The number of nitrogen functional groups attached to an aromatic ring is 1. The molecule has 0 aliphatic carbocycles. The molecule has 110 valence electrons. The average Bonchev–Trinajstić information content (AvgIpc) is 2.89. The molecule has 0 saturated carbocycles. The smallest absolute Gasteiger partial charge is 0.239 e. The zero-order valence-corrected chi connectivity index (χ0v) is 12.0. The molecule has 0 radical (unpaired) electrons. The molecule has 0 bridgehead atoms. The van der Waals surface area contributed by atoms with Gasteiger partial charge in [0.25, 0.3) is 0 Å². The molecule has 0 atom stereocenters. The molecule has 0 spiro atoms. The van der Waals surface area contributed by atoms with Crippen LogP contribution in [-0.2, 0) is 6.42 Å². The summed E-state index contributed by atoms with van der Waals surface area (Å²) in [6, 6.07) is 8.50. The predicted octanol–water partition coefficient (Wildman–Crippen LogP) is 3.29. The Hall–Kier alpha value is -2.30. The van der Waals surface area contributed by atoms with Gasteiger partial charge in [0.2, 0.25) is 5.88 Å². The molecule has 4 nitrogen and oxygen atoms in total. The lowest BCUT2D eigenvalue weighted by Gasteiger charge is -2.19. The van der Waals surface area contributed by atoms with Crippen molar-refractivity contribution in [2.45, 2.75) is 19.8 Å². The van der Waals surface area contributed by atoms with E-state index >= 15 is 0 Å². The maximum absolute atomic E-state index is 13.5. The second-order valence-electron chi connectivity index (χ2n) is 5.09. The molecule has 2 N–H and O–H groups in total. The number of benzene rings is 1. The Morgan fingerprint density at radius 3 is 3.00 bits per heavy atom. The van der Waals surface area contributed by atoms with Gasteiger partial charge in [-0.1, -0.05) is 13.0 Å². The summed E-state index contributed by atoms with van der Waals surface area (Å²) < 4.78 is 19.0. The Balaban J connectivity index is 1.94. The van der Waals surface area contributed by atoms with Crippen molar-refractivity contribution >= 4 is 17.2 Å². The molecule has 1 aromatic heterocycles. The molecule has 3 rings (SSSR count). The highest BCUT2D eigenvalue weighted by atomic mass is 19.1. The third-order valence-electron chi connectivity index (χ3n) is 3.54. The lowest BCUT2D eigenvalue weighted by Crippen LogP contribution is -2.15. The van der Waals surface area contributed by atoms with Gasteiger partial charge in [0.05, 0.1) is 12.3 Å². The van der Waals surface area contributed by atoms with Crippen LogP contribution in [0.1, 0.15) is 18.9 Å². The van der Waals surface area contributed by atoms with Crippen LogP contribution in [0.3, 0.4) is 0 Å². The number of nitrogens with zero attached hydrogens (tertiary/aromatic N) is 2. The minimum atomic E-state index is -0.237. The molecule has 5 heteroatoms. The van der Waals surface area contributed by atoms with Gasteiger partial charge in [-0.2, -0.15) is 4.98 Å². The molecule has 1 aromatic carbocycles. The average molecular weight is 287 g/mol. The highest BCUT2D eigenvalue weighted by molar-refractivity contribution is 5.69. The number of halogens is 1. The van der Waals surface area contributed by atoms with E-state index in [0.717, 1.165) is 36.5 Å². The van der Waals surface area contributed by atoms with Crippen LogP contribution >= 0.6 is 0 Å². The van der Waals surface area contributed by atoms with Crippen LogP contribution < -0.4 is 15.4 Å². The predicted molar refractivity (Wildman–Crippen MR) is 81.5 cm³/mol. The lowest BCUT2D eigenvalue weighted by molar-refractivity contribution is 0.307. The second-order valence-corrected chi connectivity index (χ2v) is 5.09. The molecule has 0 saturated heterocycles. The van der Waals surface area contributed by atoms with Crippen molar-refractivity contribution < 1.29 is 9.13 Å². The summed E-state index contributed by atoms with van der Waals surface area (Å²) in [6.45, 7) is 3.38. The van der Waals surface area contributed by atoms with E-state index in [4.69, 9.17) is 10.5 Å². The van der Waals surface area contributed by atoms with Crippen molar-refractivity contribution in [2.24, 2.45) is 0 Å². The lowest BCUT2D eigenvalue weighted by atomic mass is 10.2. The van der Waals surface area contributed by atoms with Crippen LogP contribution in [0.4, 0.5) is 21.6 Å². The molecular weight excluding hydrogens is 269 g/mol. The second kappa shape index (κ2) is 5.60. The highest BCUT2D eigenvalue weighted by Gasteiger charge is 2.22. The van der Waals surface area contributed by atoms with Gasteiger partial charge in [0, 0.05) is 12.2 Å². The van der Waals surface area contributed by atoms with Crippen molar-refractivity contribution in [3.05, 3.63) is 41.7 Å². The molecule has 2 aromatic rings. The van der Waals surface area contributed by atoms with E-state index < -0.39 is 0 Å². The van der Waals surface area contributed by atoms with Crippen molar-refractivity contribution in [3.63, 3.8) is 0 Å². The summed E-state index contributed by atoms with van der Waals surface area (Å²) in [5.41, 5.74) is 8.40. The molecule has 0 fully saturated rings. The Morgan fingerprint density at radius 2 is 2.19 bits per heavy atom. The van der Waals surface area contributed by atoms with Crippen LogP contribution in [-0.4, -0.2) is 18.1 Å². The van der Waals surface area contributed by atoms with E-state index in [1.807, 2.05) is 24.0 Å². The zero-order chi connectivity index (χ0) is 14.8. The van der Waals surface area contributed by atoms with E-state index in [9.17, 15) is 4.39 Å². The van der Waals surface area contributed by atoms with Crippen LogP contribution in [0, 0.1) is 5.82 Å². The van der Waals surface area contributed by atoms with Crippen LogP contribution in [0.25, 0.3) is 0 Å². The third-order valence-corrected chi connectivity index (χ3v) is 3.54. The van der Waals surface area contributed by atoms with E-state index in [0.29, 0.717) is 18.2 Å². The van der Waals surface area contributed by atoms with Gasteiger partial charge in [-0.3, -0.25) is 0 Å². The number of hydrogen-bond donors (Lipinski definition) is 1. The van der Waals surface area contributed by atoms with Gasteiger partial charge in [0.15, 0.2) is 0 Å². The summed E-state index contributed by atoms with van der Waals surface area (Å²) in [5, 5.41) is 0. The van der Waals surface area contributed by atoms with Crippen LogP contribution in [0.5, 0.6) is 5.88 Å². The van der Waals surface area contributed by atoms with Crippen LogP contribution in [0.2, 0.25) is 0 Å². The summed E-state index contributed by atoms with van der Waals surface area (Å²) in [6.07, 6.45) is 1.77. The molecule has 1 aliphatic rings. The Kier molecular flexibility index (Phi) is 3.64. The number of rotatable bonds is 4. The quantitative estimate of drug-likeness (QED) is 0.937. The third kappa shape index (κ3) is 2.63. The first kappa shape index (κ1) is 13.7. The topological polar surface area (TPSA) is 51.4 Å². The van der Waals surface area contributed by atoms with Gasteiger partial charge in [-0.05, 0) is 42.7 Å². The van der Waals surface area contributed by atoms with Crippen molar-refractivity contribution in [1.29, 1.82) is 0 Å². The van der Waals surface area contributed by atoms with Crippen molar-refractivity contribution in [1.82, 2.24) is 4.98 Å². The van der Waals surface area contributed by atoms with E-state index in [2.05, 4.69) is 4.98 Å². The first-order valence-corrected chi connectivity index (χ1v) is 7.14. The summed E-state index contributed by atoms with van der Waals surface area (Å²) in [4.78, 5) is 6.47. The summed E-state index contributed by atoms with van der Waals surface area (Å²) in [5.74, 6) is 0.942. The van der Waals surface area contributed by atoms with E-state index in [-0.39, 0.29) is 5.82 Å². The maximum Gasteiger partial charge on any atom is 0.239 e. The molecule has 0 amide bonds. The number of ether oxygens (including phenoxy) is 1. The van der Waals surface area contributed by atoms with Gasteiger partial charge >= 0.3 is 0 Å². The standard InChI is InChI=1S/C16H18FN3O/c1-2-9-21-16-13(18)5-6-15(19-16)20-8-7-11-3-4-12(17)10-14(11)20/h3-6,10H,2,7-9,18H2,1H3. The molecule has 0 unspecified atom stereocenters. The SMILES string of the molecule is CCCOc1nc(N2CCc3ccc(F)cc32)ccc1N. The number of fused-ring (bicyclic) bond motifs is 1. The minimum absolute atomic E-state index is 0.237.